The average molecular weight is 275 g/mol. The van der Waals surface area contributed by atoms with Crippen LogP contribution in [0.4, 0.5) is 4.39 Å². The van der Waals surface area contributed by atoms with Gasteiger partial charge in [0.2, 0.25) is 0 Å². The molecule has 1 rings (SSSR count). The van der Waals surface area contributed by atoms with E-state index < -0.39 is 5.97 Å². The van der Waals surface area contributed by atoms with Crippen molar-refractivity contribution in [1.29, 1.82) is 0 Å². The highest BCUT2D eigenvalue weighted by Gasteiger charge is 2.16. The van der Waals surface area contributed by atoms with E-state index in [4.69, 9.17) is 4.74 Å². The number of halogens is 2. The smallest absolute Gasteiger partial charge is 0.338 e. The van der Waals surface area contributed by atoms with Gasteiger partial charge in [0.05, 0.1) is 12.2 Å². The van der Waals surface area contributed by atoms with Gasteiger partial charge in [-0.2, -0.15) is 0 Å². The van der Waals surface area contributed by atoms with E-state index >= 15 is 0 Å². The fourth-order valence-electron chi connectivity index (χ4n) is 1.41. The number of rotatable bonds is 3. The third-order valence-corrected chi connectivity index (χ3v) is 2.61. The molecule has 0 aliphatic rings. The topological polar surface area (TPSA) is 26.3 Å². The molecule has 1 aromatic carbocycles. The lowest BCUT2D eigenvalue weighted by Gasteiger charge is -2.09. The molecule has 0 aliphatic heterocycles. The van der Waals surface area contributed by atoms with Crippen LogP contribution in [0.1, 0.15) is 28.4 Å². The summed E-state index contributed by atoms with van der Waals surface area (Å²) in [5.41, 5.74) is 1.67. The number of hydrogen-bond donors (Lipinski definition) is 0. The molecule has 1 aromatic rings. The molecule has 0 N–H and O–H groups in total. The predicted octanol–water partition coefficient (Wildman–Crippen LogP) is 3.21. The minimum atomic E-state index is -0.399. The maximum absolute atomic E-state index is 13.1. The number of ether oxygens (including phenoxy) is 1. The van der Waals surface area contributed by atoms with Crippen molar-refractivity contribution in [2.45, 2.75) is 19.2 Å². The third-order valence-electron chi connectivity index (χ3n) is 2.01. The van der Waals surface area contributed by atoms with Gasteiger partial charge >= 0.3 is 5.97 Å². The van der Waals surface area contributed by atoms with Crippen LogP contribution in [-0.4, -0.2) is 12.6 Å². The van der Waals surface area contributed by atoms with E-state index in [1.54, 1.807) is 13.8 Å². The van der Waals surface area contributed by atoms with Crippen molar-refractivity contribution in [2.24, 2.45) is 0 Å². The predicted molar refractivity (Wildman–Crippen MR) is 59.7 cm³/mol. The van der Waals surface area contributed by atoms with Crippen LogP contribution >= 0.6 is 15.9 Å². The van der Waals surface area contributed by atoms with Crippen molar-refractivity contribution in [3.05, 3.63) is 34.6 Å². The summed E-state index contributed by atoms with van der Waals surface area (Å²) in [5.74, 6) is -0.737. The standard InChI is InChI=1S/C11H12BrFO2/c1-3-15-11(14)10-7(2)4-9(13)5-8(10)6-12/h4-5H,3,6H2,1-2H3. The molecule has 0 atom stereocenters. The molecule has 0 fully saturated rings. The first-order valence-corrected chi connectivity index (χ1v) is 5.74. The zero-order valence-electron chi connectivity index (χ0n) is 8.64. The maximum Gasteiger partial charge on any atom is 0.338 e. The highest BCUT2D eigenvalue weighted by Crippen LogP contribution is 2.20. The Hall–Kier alpha value is -0.900. The number of alkyl halides is 1. The second kappa shape index (κ2) is 5.26. The van der Waals surface area contributed by atoms with Gasteiger partial charge in [-0.1, -0.05) is 15.9 Å². The first-order chi connectivity index (χ1) is 7.10. The van der Waals surface area contributed by atoms with Crippen molar-refractivity contribution < 1.29 is 13.9 Å². The Morgan fingerprint density at radius 3 is 2.73 bits per heavy atom. The molecule has 82 valence electrons. The van der Waals surface area contributed by atoms with E-state index in [1.165, 1.54) is 12.1 Å². The molecule has 0 amide bonds. The van der Waals surface area contributed by atoms with Crippen molar-refractivity contribution in [3.63, 3.8) is 0 Å². The third kappa shape index (κ3) is 2.78. The summed E-state index contributed by atoms with van der Waals surface area (Å²) < 4.78 is 18.0. The number of carbonyl (C=O) groups excluding carboxylic acids is 1. The molecule has 4 heteroatoms. The molecular formula is C11H12BrFO2. The van der Waals surface area contributed by atoms with Crippen molar-refractivity contribution in [3.8, 4) is 0 Å². The van der Waals surface area contributed by atoms with Crippen molar-refractivity contribution >= 4 is 21.9 Å². The summed E-state index contributed by atoms with van der Waals surface area (Å²) >= 11 is 3.22. The number of benzene rings is 1. The van der Waals surface area contributed by atoms with Crippen LogP contribution < -0.4 is 0 Å². The van der Waals surface area contributed by atoms with Crippen LogP contribution in [0.5, 0.6) is 0 Å². The van der Waals surface area contributed by atoms with Crippen molar-refractivity contribution in [2.75, 3.05) is 6.61 Å². The van der Waals surface area contributed by atoms with Crippen LogP contribution in [0.3, 0.4) is 0 Å². The van der Waals surface area contributed by atoms with E-state index in [9.17, 15) is 9.18 Å². The lowest BCUT2D eigenvalue weighted by molar-refractivity contribution is 0.0524. The summed E-state index contributed by atoms with van der Waals surface area (Å²) in [7, 11) is 0. The minimum absolute atomic E-state index is 0.317. The van der Waals surface area contributed by atoms with Gasteiger partial charge < -0.3 is 4.74 Å². The second-order valence-electron chi connectivity index (χ2n) is 3.11. The Balaban J connectivity index is 3.20. The molecule has 0 bridgehead atoms. The molecule has 0 aliphatic carbocycles. The molecular weight excluding hydrogens is 263 g/mol. The van der Waals surface area contributed by atoms with Crippen LogP contribution in [0, 0.1) is 12.7 Å². The number of esters is 1. The highest BCUT2D eigenvalue weighted by molar-refractivity contribution is 9.08. The van der Waals surface area contributed by atoms with Crippen LogP contribution in [0.2, 0.25) is 0 Å². The average Bonchev–Trinajstić information content (AvgIpc) is 2.16. The van der Waals surface area contributed by atoms with Gasteiger partial charge in [-0.3, -0.25) is 0 Å². The first-order valence-electron chi connectivity index (χ1n) is 4.62. The van der Waals surface area contributed by atoms with Gasteiger partial charge in [0.25, 0.3) is 0 Å². The van der Waals surface area contributed by atoms with Crippen molar-refractivity contribution in [1.82, 2.24) is 0 Å². The van der Waals surface area contributed by atoms with Gasteiger partial charge in [-0.25, -0.2) is 9.18 Å². The van der Waals surface area contributed by atoms with E-state index in [0.717, 1.165) is 0 Å². The van der Waals surface area contributed by atoms with Gasteiger partial charge in [-0.15, -0.1) is 0 Å². The van der Waals surface area contributed by atoms with E-state index in [-0.39, 0.29) is 5.82 Å². The summed E-state index contributed by atoms with van der Waals surface area (Å²) in [5, 5.41) is 0.430. The quantitative estimate of drug-likeness (QED) is 0.625. The molecule has 0 heterocycles. The van der Waals surface area contributed by atoms with Gasteiger partial charge in [0, 0.05) is 5.33 Å². The summed E-state index contributed by atoms with van der Waals surface area (Å²) in [6.07, 6.45) is 0. The maximum atomic E-state index is 13.1. The lowest BCUT2D eigenvalue weighted by atomic mass is 10.0. The van der Waals surface area contributed by atoms with E-state index in [0.29, 0.717) is 28.6 Å². The molecule has 15 heavy (non-hydrogen) atoms. The Bertz CT molecular complexity index is 377. The van der Waals surface area contributed by atoms with E-state index in [1.807, 2.05) is 0 Å². The number of hydrogen-bond acceptors (Lipinski definition) is 2. The van der Waals surface area contributed by atoms with Gasteiger partial charge in [-0.05, 0) is 37.1 Å². The summed E-state index contributed by atoms with van der Waals surface area (Å²) in [4.78, 5) is 11.6. The SMILES string of the molecule is CCOC(=O)c1c(C)cc(F)cc1CBr. The highest BCUT2D eigenvalue weighted by atomic mass is 79.9. The Morgan fingerprint density at radius 2 is 2.20 bits per heavy atom. The Morgan fingerprint density at radius 1 is 1.53 bits per heavy atom. The number of carbonyl (C=O) groups is 1. The van der Waals surface area contributed by atoms with Crippen LogP contribution in [-0.2, 0) is 10.1 Å². The zero-order valence-corrected chi connectivity index (χ0v) is 10.2. The normalized spacial score (nSPS) is 10.1. The molecule has 0 aromatic heterocycles. The molecule has 0 unspecified atom stereocenters. The molecule has 0 spiro atoms. The first kappa shape index (κ1) is 12.2. The lowest BCUT2D eigenvalue weighted by Crippen LogP contribution is -2.10. The Labute approximate surface area is 96.6 Å². The second-order valence-corrected chi connectivity index (χ2v) is 3.67. The minimum Gasteiger partial charge on any atom is -0.462 e. The molecule has 0 saturated heterocycles. The fraction of sp³-hybridized carbons (Fsp3) is 0.364. The van der Waals surface area contributed by atoms with E-state index in [2.05, 4.69) is 15.9 Å². The van der Waals surface area contributed by atoms with Crippen LogP contribution in [0.25, 0.3) is 0 Å². The monoisotopic (exact) mass is 274 g/mol. The summed E-state index contributed by atoms with van der Waals surface area (Å²) in [6.45, 7) is 3.75. The fourth-order valence-corrected chi connectivity index (χ4v) is 1.86. The van der Waals surface area contributed by atoms with Gasteiger partial charge in [0.15, 0.2) is 0 Å². The molecule has 2 nitrogen and oxygen atoms in total. The van der Waals surface area contributed by atoms with Gasteiger partial charge in [0.1, 0.15) is 5.82 Å². The zero-order chi connectivity index (χ0) is 11.4. The largest absolute Gasteiger partial charge is 0.462 e. The Kier molecular flexibility index (Phi) is 4.27. The number of aryl methyl sites for hydroxylation is 1. The molecule has 0 saturated carbocycles. The molecule has 0 radical (unpaired) electrons. The summed E-state index contributed by atoms with van der Waals surface area (Å²) in [6, 6.07) is 2.67. The van der Waals surface area contributed by atoms with Crippen LogP contribution in [0.15, 0.2) is 12.1 Å².